The van der Waals surface area contributed by atoms with Crippen molar-refractivity contribution in [3.05, 3.63) is 22.2 Å². The maximum absolute atomic E-state index is 4.64. The SMILES string of the molecule is CC1C=C(c2csc(C(C)C)n2)CN1. The quantitative estimate of drug-likeness (QED) is 0.808. The molecule has 2 nitrogen and oxygen atoms in total. The molecular formula is C11H16N2S. The third-order valence-electron chi connectivity index (χ3n) is 2.41. The summed E-state index contributed by atoms with van der Waals surface area (Å²) >= 11 is 1.77. The number of hydrogen-bond donors (Lipinski definition) is 1. The molecule has 0 aliphatic carbocycles. The van der Waals surface area contributed by atoms with Gasteiger partial charge in [0.15, 0.2) is 0 Å². The van der Waals surface area contributed by atoms with Crippen LogP contribution in [0.15, 0.2) is 11.5 Å². The third kappa shape index (κ3) is 1.88. The Morgan fingerprint density at radius 1 is 1.57 bits per heavy atom. The molecule has 0 fully saturated rings. The van der Waals surface area contributed by atoms with Crippen LogP contribution in [0, 0.1) is 0 Å². The number of thiazole rings is 1. The lowest BCUT2D eigenvalue weighted by atomic mass is 10.2. The molecule has 1 aliphatic rings. The van der Waals surface area contributed by atoms with E-state index in [2.05, 4.69) is 42.5 Å². The summed E-state index contributed by atoms with van der Waals surface area (Å²) in [6.45, 7) is 7.50. The van der Waals surface area contributed by atoms with Crippen molar-refractivity contribution >= 4 is 16.9 Å². The molecule has 2 rings (SSSR count). The Morgan fingerprint density at radius 3 is 2.86 bits per heavy atom. The van der Waals surface area contributed by atoms with Crippen molar-refractivity contribution in [2.75, 3.05) is 6.54 Å². The Morgan fingerprint density at radius 2 is 2.36 bits per heavy atom. The van der Waals surface area contributed by atoms with Gasteiger partial charge >= 0.3 is 0 Å². The monoisotopic (exact) mass is 208 g/mol. The fourth-order valence-electron chi connectivity index (χ4n) is 1.57. The molecule has 1 unspecified atom stereocenters. The van der Waals surface area contributed by atoms with Gasteiger partial charge in [-0.2, -0.15) is 0 Å². The highest BCUT2D eigenvalue weighted by Gasteiger charge is 2.15. The molecule has 0 bridgehead atoms. The zero-order chi connectivity index (χ0) is 10.1. The van der Waals surface area contributed by atoms with Gasteiger partial charge in [-0.15, -0.1) is 11.3 Å². The van der Waals surface area contributed by atoms with Gasteiger partial charge in [0.1, 0.15) is 0 Å². The first-order chi connectivity index (χ1) is 6.66. The number of hydrogen-bond acceptors (Lipinski definition) is 3. The Balaban J connectivity index is 2.21. The Bertz CT molecular complexity index is 352. The summed E-state index contributed by atoms with van der Waals surface area (Å²) in [6.07, 6.45) is 2.26. The number of aromatic nitrogens is 1. The largest absolute Gasteiger partial charge is 0.307 e. The van der Waals surface area contributed by atoms with Crippen molar-refractivity contribution in [2.24, 2.45) is 0 Å². The van der Waals surface area contributed by atoms with E-state index in [0.717, 1.165) is 12.2 Å². The molecule has 0 aromatic carbocycles. The summed E-state index contributed by atoms with van der Waals surface area (Å²) in [4.78, 5) is 4.64. The average molecular weight is 208 g/mol. The average Bonchev–Trinajstić information content (AvgIpc) is 2.70. The molecule has 1 aliphatic heterocycles. The maximum atomic E-state index is 4.64. The topological polar surface area (TPSA) is 24.9 Å². The maximum Gasteiger partial charge on any atom is 0.0957 e. The molecule has 1 aromatic rings. The normalized spacial score (nSPS) is 21.7. The van der Waals surface area contributed by atoms with Gasteiger partial charge in [0.2, 0.25) is 0 Å². The minimum absolute atomic E-state index is 0.495. The Labute approximate surface area is 89.1 Å². The molecule has 3 heteroatoms. The number of rotatable bonds is 2. The first-order valence-electron chi connectivity index (χ1n) is 5.06. The second-order valence-corrected chi connectivity index (χ2v) is 4.98. The highest BCUT2D eigenvalue weighted by molar-refractivity contribution is 7.09. The lowest BCUT2D eigenvalue weighted by molar-refractivity contribution is 0.728. The smallest absolute Gasteiger partial charge is 0.0957 e. The molecule has 14 heavy (non-hydrogen) atoms. The van der Waals surface area contributed by atoms with E-state index in [1.807, 2.05) is 0 Å². The highest BCUT2D eigenvalue weighted by Crippen LogP contribution is 2.25. The lowest BCUT2D eigenvalue weighted by Gasteiger charge is -1.98. The Kier molecular flexibility index (Phi) is 2.70. The number of nitrogens with one attached hydrogen (secondary N) is 1. The van der Waals surface area contributed by atoms with E-state index in [-0.39, 0.29) is 0 Å². The van der Waals surface area contributed by atoms with Crippen LogP contribution in [-0.4, -0.2) is 17.6 Å². The zero-order valence-electron chi connectivity index (χ0n) is 8.87. The van der Waals surface area contributed by atoms with E-state index >= 15 is 0 Å². The minimum Gasteiger partial charge on any atom is -0.307 e. The van der Waals surface area contributed by atoms with Crippen LogP contribution in [0.4, 0.5) is 0 Å². The molecule has 76 valence electrons. The van der Waals surface area contributed by atoms with Crippen LogP contribution in [0.2, 0.25) is 0 Å². The molecule has 1 atom stereocenters. The molecule has 0 radical (unpaired) electrons. The van der Waals surface area contributed by atoms with E-state index in [0.29, 0.717) is 12.0 Å². The van der Waals surface area contributed by atoms with Gasteiger partial charge in [-0.25, -0.2) is 4.98 Å². The second kappa shape index (κ2) is 3.83. The summed E-state index contributed by atoms with van der Waals surface area (Å²) in [5.41, 5.74) is 2.51. The molecule has 0 spiro atoms. The van der Waals surface area contributed by atoms with Crippen molar-refractivity contribution in [1.82, 2.24) is 10.3 Å². The van der Waals surface area contributed by atoms with Crippen molar-refractivity contribution in [1.29, 1.82) is 0 Å². The highest BCUT2D eigenvalue weighted by atomic mass is 32.1. The summed E-state index contributed by atoms with van der Waals surface area (Å²) in [7, 11) is 0. The summed E-state index contributed by atoms with van der Waals surface area (Å²) in [5, 5.41) is 6.78. The van der Waals surface area contributed by atoms with E-state index in [1.165, 1.54) is 10.6 Å². The summed E-state index contributed by atoms with van der Waals surface area (Å²) in [5.74, 6) is 0.543. The molecular weight excluding hydrogens is 192 g/mol. The van der Waals surface area contributed by atoms with Crippen molar-refractivity contribution in [3.63, 3.8) is 0 Å². The predicted molar refractivity (Wildman–Crippen MR) is 61.6 cm³/mol. The lowest BCUT2D eigenvalue weighted by Crippen LogP contribution is -2.17. The Hall–Kier alpha value is -0.670. The van der Waals surface area contributed by atoms with Crippen LogP contribution in [0.3, 0.4) is 0 Å². The molecule has 0 amide bonds. The second-order valence-electron chi connectivity index (χ2n) is 4.09. The van der Waals surface area contributed by atoms with Crippen LogP contribution < -0.4 is 5.32 Å². The van der Waals surface area contributed by atoms with Crippen LogP contribution >= 0.6 is 11.3 Å². The van der Waals surface area contributed by atoms with Crippen molar-refractivity contribution in [2.45, 2.75) is 32.7 Å². The van der Waals surface area contributed by atoms with Crippen LogP contribution in [0.5, 0.6) is 0 Å². The molecule has 0 saturated carbocycles. The van der Waals surface area contributed by atoms with Crippen LogP contribution in [-0.2, 0) is 0 Å². The van der Waals surface area contributed by atoms with Gasteiger partial charge in [0.25, 0.3) is 0 Å². The molecule has 1 aromatic heterocycles. The van der Waals surface area contributed by atoms with Gasteiger partial charge in [-0.3, -0.25) is 0 Å². The third-order valence-corrected chi connectivity index (χ3v) is 3.56. The van der Waals surface area contributed by atoms with E-state index < -0.39 is 0 Å². The molecule has 0 saturated heterocycles. The van der Waals surface area contributed by atoms with Gasteiger partial charge in [-0.1, -0.05) is 19.9 Å². The minimum atomic E-state index is 0.495. The summed E-state index contributed by atoms with van der Waals surface area (Å²) in [6, 6.07) is 0.495. The van der Waals surface area contributed by atoms with E-state index in [1.54, 1.807) is 11.3 Å². The standard InChI is InChI=1S/C11H16N2S/c1-7(2)11-13-10(6-14-11)9-4-8(3)12-5-9/h4,6-8,12H,5H2,1-3H3. The first-order valence-corrected chi connectivity index (χ1v) is 5.94. The van der Waals surface area contributed by atoms with Crippen LogP contribution in [0.1, 0.15) is 37.4 Å². The van der Waals surface area contributed by atoms with Gasteiger partial charge in [-0.05, 0) is 12.5 Å². The van der Waals surface area contributed by atoms with E-state index in [4.69, 9.17) is 0 Å². The predicted octanol–water partition coefficient (Wildman–Crippen LogP) is 2.64. The van der Waals surface area contributed by atoms with Crippen LogP contribution in [0.25, 0.3) is 5.57 Å². The van der Waals surface area contributed by atoms with E-state index in [9.17, 15) is 0 Å². The van der Waals surface area contributed by atoms with Crippen molar-refractivity contribution in [3.8, 4) is 0 Å². The van der Waals surface area contributed by atoms with Gasteiger partial charge < -0.3 is 5.32 Å². The van der Waals surface area contributed by atoms with Gasteiger partial charge in [0, 0.05) is 23.9 Å². The summed E-state index contributed by atoms with van der Waals surface area (Å²) < 4.78 is 0. The molecule has 2 heterocycles. The van der Waals surface area contributed by atoms with Gasteiger partial charge in [0.05, 0.1) is 10.7 Å². The fraction of sp³-hybridized carbons (Fsp3) is 0.545. The molecule has 1 N–H and O–H groups in total. The van der Waals surface area contributed by atoms with Crippen molar-refractivity contribution < 1.29 is 0 Å². The zero-order valence-corrected chi connectivity index (χ0v) is 9.69. The number of nitrogens with zero attached hydrogens (tertiary/aromatic N) is 1. The first kappa shape index (κ1) is 9.87. The fourth-order valence-corrected chi connectivity index (χ4v) is 2.43.